The van der Waals surface area contributed by atoms with E-state index in [0.717, 1.165) is 25.7 Å². The van der Waals surface area contributed by atoms with E-state index in [1.807, 2.05) is 0 Å². The average Bonchev–Trinajstić information content (AvgIpc) is 2.40. The molecule has 2 rings (SSSR count). The molecule has 1 saturated carbocycles. The predicted octanol–water partition coefficient (Wildman–Crippen LogP) is 3.34. The van der Waals surface area contributed by atoms with Crippen LogP contribution in [0.25, 0.3) is 0 Å². The number of carbonyl (C=O) groups is 1. The molecule has 0 aromatic heterocycles. The number of benzene rings is 1. The van der Waals surface area contributed by atoms with E-state index < -0.39 is 16.8 Å². The fourth-order valence-electron chi connectivity index (χ4n) is 2.89. The first-order chi connectivity index (χ1) is 9.09. The number of nitro groups is 1. The molecule has 1 aromatic carbocycles. The molecule has 0 bridgehead atoms. The zero-order chi connectivity index (χ0) is 13.8. The highest BCUT2D eigenvalue weighted by molar-refractivity contribution is 5.76. The van der Waals surface area contributed by atoms with Crippen LogP contribution in [0.3, 0.4) is 0 Å². The van der Waals surface area contributed by atoms with Crippen LogP contribution in [0.1, 0.15) is 43.6 Å². The van der Waals surface area contributed by atoms with Crippen LogP contribution in [0, 0.1) is 16.0 Å². The molecule has 19 heavy (non-hydrogen) atoms. The molecule has 0 radical (unpaired) electrons. The number of nitrogens with zero attached hydrogens (tertiary/aromatic N) is 1. The largest absolute Gasteiger partial charge is 0.481 e. The maximum absolute atomic E-state index is 11.5. The summed E-state index contributed by atoms with van der Waals surface area (Å²) in [6, 6.07) is 5.92. The zero-order valence-corrected chi connectivity index (χ0v) is 10.6. The first-order valence-electron chi connectivity index (χ1n) is 6.57. The lowest BCUT2D eigenvalue weighted by Crippen LogP contribution is -2.23. The number of non-ortho nitro benzene ring substituents is 1. The van der Waals surface area contributed by atoms with Crippen LogP contribution in [0.5, 0.6) is 0 Å². The standard InChI is InChI=1S/C14H17NO4/c16-14(17)13(10-4-2-1-3-5-10)11-6-8-12(9-7-11)15(18)19/h6-10,13H,1-5H2,(H,16,17)/t13-/m1/s1. The molecule has 0 aliphatic heterocycles. The third kappa shape index (κ3) is 3.10. The van der Waals surface area contributed by atoms with Crippen molar-refractivity contribution in [3.8, 4) is 0 Å². The van der Waals surface area contributed by atoms with Crippen LogP contribution in [-0.4, -0.2) is 16.0 Å². The molecule has 1 fully saturated rings. The Morgan fingerprint density at radius 3 is 2.26 bits per heavy atom. The minimum absolute atomic E-state index is 0.00321. The Kier molecular flexibility index (Phi) is 4.14. The van der Waals surface area contributed by atoms with Gasteiger partial charge in [-0.3, -0.25) is 14.9 Å². The topological polar surface area (TPSA) is 80.4 Å². The van der Waals surface area contributed by atoms with Gasteiger partial charge in [0.15, 0.2) is 0 Å². The van der Waals surface area contributed by atoms with Gasteiger partial charge in [-0.15, -0.1) is 0 Å². The monoisotopic (exact) mass is 263 g/mol. The minimum Gasteiger partial charge on any atom is -0.481 e. The normalized spacial score (nSPS) is 17.9. The molecule has 1 aliphatic carbocycles. The quantitative estimate of drug-likeness (QED) is 0.667. The zero-order valence-electron chi connectivity index (χ0n) is 10.6. The van der Waals surface area contributed by atoms with Crippen molar-refractivity contribution in [2.24, 2.45) is 5.92 Å². The number of carboxylic acids is 1. The van der Waals surface area contributed by atoms with Gasteiger partial charge < -0.3 is 5.11 Å². The molecular formula is C14H17NO4. The molecule has 1 atom stereocenters. The van der Waals surface area contributed by atoms with Gasteiger partial charge in [-0.25, -0.2) is 0 Å². The van der Waals surface area contributed by atoms with Gasteiger partial charge >= 0.3 is 5.97 Å². The Balaban J connectivity index is 2.23. The summed E-state index contributed by atoms with van der Waals surface area (Å²) in [7, 11) is 0. The van der Waals surface area contributed by atoms with Crippen molar-refractivity contribution in [1.29, 1.82) is 0 Å². The van der Waals surface area contributed by atoms with E-state index in [4.69, 9.17) is 0 Å². The Morgan fingerprint density at radius 1 is 1.21 bits per heavy atom. The van der Waals surface area contributed by atoms with E-state index in [2.05, 4.69) is 0 Å². The molecular weight excluding hydrogens is 246 g/mol. The van der Waals surface area contributed by atoms with Gasteiger partial charge in [0.25, 0.3) is 5.69 Å². The molecule has 5 heteroatoms. The van der Waals surface area contributed by atoms with Crippen molar-refractivity contribution < 1.29 is 14.8 Å². The van der Waals surface area contributed by atoms with E-state index in [-0.39, 0.29) is 11.6 Å². The van der Waals surface area contributed by atoms with Gasteiger partial charge in [0.2, 0.25) is 0 Å². The van der Waals surface area contributed by atoms with Gasteiger partial charge in [0, 0.05) is 12.1 Å². The minimum atomic E-state index is -0.833. The Labute approximate surface area is 111 Å². The third-order valence-electron chi connectivity index (χ3n) is 3.85. The summed E-state index contributed by atoms with van der Waals surface area (Å²) in [5.41, 5.74) is 0.668. The van der Waals surface area contributed by atoms with Crippen LogP contribution in [0.15, 0.2) is 24.3 Å². The lowest BCUT2D eigenvalue weighted by atomic mass is 9.77. The molecule has 1 aromatic rings. The summed E-state index contributed by atoms with van der Waals surface area (Å²) in [6.45, 7) is 0. The molecule has 1 aliphatic rings. The lowest BCUT2D eigenvalue weighted by molar-refractivity contribution is -0.384. The second-order valence-corrected chi connectivity index (χ2v) is 5.06. The number of hydrogen-bond acceptors (Lipinski definition) is 3. The van der Waals surface area contributed by atoms with Crippen molar-refractivity contribution in [2.45, 2.75) is 38.0 Å². The summed E-state index contributed by atoms with van der Waals surface area (Å²) in [4.78, 5) is 21.6. The van der Waals surface area contributed by atoms with Crippen molar-refractivity contribution in [3.05, 3.63) is 39.9 Å². The molecule has 0 heterocycles. The lowest BCUT2D eigenvalue weighted by Gasteiger charge is -2.27. The smallest absolute Gasteiger partial charge is 0.311 e. The van der Waals surface area contributed by atoms with Crippen molar-refractivity contribution in [3.63, 3.8) is 0 Å². The molecule has 0 unspecified atom stereocenters. The molecule has 0 saturated heterocycles. The summed E-state index contributed by atoms with van der Waals surface area (Å²) < 4.78 is 0. The van der Waals surface area contributed by atoms with Crippen molar-refractivity contribution >= 4 is 11.7 Å². The van der Waals surface area contributed by atoms with E-state index in [0.29, 0.717) is 5.56 Å². The van der Waals surface area contributed by atoms with Gasteiger partial charge in [0.05, 0.1) is 10.8 Å². The highest BCUT2D eigenvalue weighted by Gasteiger charge is 2.30. The Hall–Kier alpha value is -1.91. The second kappa shape index (κ2) is 5.82. The summed E-state index contributed by atoms with van der Waals surface area (Å²) in [5.74, 6) is -1.23. The summed E-state index contributed by atoms with van der Waals surface area (Å²) in [5, 5.41) is 20.0. The van der Waals surface area contributed by atoms with Crippen LogP contribution >= 0.6 is 0 Å². The Bertz CT molecular complexity index is 463. The van der Waals surface area contributed by atoms with E-state index in [1.54, 1.807) is 12.1 Å². The van der Waals surface area contributed by atoms with Crippen LogP contribution < -0.4 is 0 Å². The SMILES string of the molecule is O=C(O)[C@@H](c1ccc([N+](=O)[O-])cc1)C1CCCCC1. The van der Waals surface area contributed by atoms with Gasteiger partial charge in [-0.05, 0) is 24.3 Å². The molecule has 1 N–H and O–H groups in total. The first-order valence-corrected chi connectivity index (χ1v) is 6.57. The van der Waals surface area contributed by atoms with E-state index in [9.17, 15) is 20.0 Å². The number of rotatable bonds is 4. The Morgan fingerprint density at radius 2 is 1.79 bits per heavy atom. The molecule has 102 valence electrons. The van der Waals surface area contributed by atoms with E-state index in [1.165, 1.54) is 18.6 Å². The maximum Gasteiger partial charge on any atom is 0.311 e. The molecule has 0 spiro atoms. The number of aliphatic carboxylic acids is 1. The van der Waals surface area contributed by atoms with Gasteiger partial charge in [-0.1, -0.05) is 31.4 Å². The van der Waals surface area contributed by atoms with Gasteiger partial charge in [0.1, 0.15) is 0 Å². The average molecular weight is 263 g/mol. The fraction of sp³-hybridized carbons (Fsp3) is 0.500. The number of hydrogen-bond donors (Lipinski definition) is 1. The van der Waals surface area contributed by atoms with Crippen LogP contribution in [-0.2, 0) is 4.79 Å². The van der Waals surface area contributed by atoms with Crippen molar-refractivity contribution in [1.82, 2.24) is 0 Å². The summed E-state index contributed by atoms with van der Waals surface area (Å²) in [6.07, 6.45) is 5.16. The highest BCUT2D eigenvalue weighted by atomic mass is 16.6. The summed E-state index contributed by atoms with van der Waals surface area (Å²) >= 11 is 0. The fourth-order valence-corrected chi connectivity index (χ4v) is 2.89. The highest BCUT2D eigenvalue weighted by Crippen LogP contribution is 2.36. The second-order valence-electron chi connectivity index (χ2n) is 5.06. The van der Waals surface area contributed by atoms with Crippen LogP contribution in [0.2, 0.25) is 0 Å². The van der Waals surface area contributed by atoms with Gasteiger partial charge in [-0.2, -0.15) is 0 Å². The first kappa shape index (κ1) is 13.5. The number of nitro benzene ring substituents is 1. The number of carboxylic acid groups (broad SMARTS) is 1. The predicted molar refractivity (Wildman–Crippen MR) is 70.0 cm³/mol. The molecule has 5 nitrogen and oxygen atoms in total. The molecule has 0 amide bonds. The maximum atomic E-state index is 11.5. The third-order valence-corrected chi connectivity index (χ3v) is 3.85. The van der Waals surface area contributed by atoms with Crippen molar-refractivity contribution in [2.75, 3.05) is 0 Å². The van der Waals surface area contributed by atoms with Crippen LogP contribution in [0.4, 0.5) is 5.69 Å². The van der Waals surface area contributed by atoms with E-state index >= 15 is 0 Å².